The third-order valence-corrected chi connectivity index (χ3v) is 8.11. The molecule has 41 heavy (non-hydrogen) atoms. The minimum absolute atomic E-state index is 0.289. The predicted molar refractivity (Wildman–Crippen MR) is 159 cm³/mol. The van der Waals surface area contributed by atoms with E-state index in [1.54, 1.807) is 67.6 Å². The number of fused-ring (bicyclic) bond motifs is 1. The van der Waals surface area contributed by atoms with Crippen molar-refractivity contribution >= 4 is 52.2 Å². The summed E-state index contributed by atoms with van der Waals surface area (Å²) in [6.07, 6.45) is 1.63. The molecule has 0 aliphatic carbocycles. The van der Waals surface area contributed by atoms with E-state index < -0.39 is 17.8 Å². The van der Waals surface area contributed by atoms with Crippen molar-refractivity contribution in [2.75, 3.05) is 5.32 Å². The van der Waals surface area contributed by atoms with Gasteiger partial charge in [0, 0.05) is 22.3 Å². The smallest absolute Gasteiger partial charge is 0.271 e. The van der Waals surface area contributed by atoms with Crippen LogP contribution < -0.4 is 20.2 Å². The minimum atomic E-state index is -0.822. The fourth-order valence-electron chi connectivity index (χ4n) is 4.69. The van der Waals surface area contributed by atoms with Gasteiger partial charge < -0.3 is 9.73 Å². The van der Waals surface area contributed by atoms with E-state index in [1.165, 1.54) is 28.0 Å². The second kappa shape index (κ2) is 11.0. The molecule has 6 nitrogen and oxygen atoms in total. The molecule has 0 bridgehead atoms. The molecule has 0 spiro atoms. The van der Waals surface area contributed by atoms with Gasteiger partial charge in [-0.3, -0.25) is 14.2 Å². The number of allylic oxidation sites excluding steroid dienone is 1. The van der Waals surface area contributed by atoms with E-state index in [1.807, 2.05) is 18.2 Å². The number of hydrogen-bond donors (Lipinski definition) is 1. The zero-order valence-corrected chi connectivity index (χ0v) is 23.7. The third kappa shape index (κ3) is 5.29. The molecule has 0 saturated heterocycles. The second-order valence-corrected chi connectivity index (χ2v) is 11.1. The van der Waals surface area contributed by atoms with Crippen LogP contribution in [0, 0.1) is 5.82 Å². The van der Waals surface area contributed by atoms with Gasteiger partial charge in [-0.05, 0) is 67.1 Å². The summed E-state index contributed by atoms with van der Waals surface area (Å²) in [4.78, 5) is 32.5. The quantitative estimate of drug-likeness (QED) is 0.246. The molecule has 2 aromatic heterocycles. The summed E-state index contributed by atoms with van der Waals surface area (Å²) in [7, 11) is 0. The first-order chi connectivity index (χ1) is 19.8. The van der Waals surface area contributed by atoms with Gasteiger partial charge in [-0.2, -0.15) is 0 Å². The summed E-state index contributed by atoms with van der Waals surface area (Å²) in [6.45, 7) is 1.72. The molecule has 0 fully saturated rings. The van der Waals surface area contributed by atoms with Gasteiger partial charge in [0.15, 0.2) is 4.80 Å². The summed E-state index contributed by atoms with van der Waals surface area (Å²) < 4.78 is 21.7. The Bertz CT molecular complexity index is 2010. The highest BCUT2D eigenvalue weighted by molar-refractivity contribution is 7.07. The minimum Gasteiger partial charge on any atom is -0.457 e. The number of nitrogens with zero attached hydrogens (tertiary/aromatic N) is 2. The van der Waals surface area contributed by atoms with Crippen LogP contribution in [0.25, 0.3) is 17.4 Å². The van der Waals surface area contributed by atoms with Crippen molar-refractivity contribution in [3.63, 3.8) is 0 Å². The van der Waals surface area contributed by atoms with Crippen LogP contribution in [0.4, 0.5) is 10.1 Å². The monoisotopic (exact) mass is 603 g/mol. The summed E-state index contributed by atoms with van der Waals surface area (Å²) in [6, 6.07) is 22.5. The molecule has 1 atom stereocenters. The maximum Gasteiger partial charge on any atom is 0.271 e. The molecule has 3 heterocycles. The fraction of sp³-hybridized carbons (Fsp3) is 0.0645. The van der Waals surface area contributed by atoms with Crippen molar-refractivity contribution < 1.29 is 13.6 Å². The van der Waals surface area contributed by atoms with E-state index in [0.717, 1.165) is 0 Å². The van der Waals surface area contributed by atoms with Crippen molar-refractivity contribution in [3.05, 3.63) is 143 Å². The summed E-state index contributed by atoms with van der Waals surface area (Å²) in [5, 5.41) is 3.84. The van der Waals surface area contributed by atoms with Gasteiger partial charge in [0.2, 0.25) is 0 Å². The lowest BCUT2D eigenvalue weighted by molar-refractivity contribution is -0.113. The average Bonchev–Trinajstić information content (AvgIpc) is 3.53. The molecule has 1 amide bonds. The van der Waals surface area contributed by atoms with E-state index in [2.05, 4.69) is 10.3 Å². The van der Waals surface area contributed by atoms with Gasteiger partial charge in [0.1, 0.15) is 17.3 Å². The normalized spacial score (nSPS) is 15.0. The highest BCUT2D eigenvalue weighted by Crippen LogP contribution is 2.33. The number of nitrogens with one attached hydrogen (secondary N) is 1. The van der Waals surface area contributed by atoms with Gasteiger partial charge in [0.25, 0.3) is 11.5 Å². The van der Waals surface area contributed by atoms with Crippen molar-refractivity contribution in [2.24, 2.45) is 4.99 Å². The van der Waals surface area contributed by atoms with E-state index >= 15 is 0 Å². The summed E-state index contributed by atoms with van der Waals surface area (Å²) in [5.41, 5.74) is 2.23. The SMILES string of the molecule is CC1=C(C(=O)Nc2ccccc2)C(c2ccc(F)cc2)n2c(s/c(=C\c3ccc(-c4ccc(Cl)cc4Cl)o3)c2=O)=N1. The van der Waals surface area contributed by atoms with E-state index in [-0.39, 0.29) is 11.1 Å². The van der Waals surface area contributed by atoms with Gasteiger partial charge in [-0.25, -0.2) is 9.38 Å². The molecule has 10 heteroatoms. The Kier molecular flexibility index (Phi) is 7.21. The first kappa shape index (κ1) is 27.0. The lowest BCUT2D eigenvalue weighted by atomic mass is 9.95. The Balaban J connectivity index is 1.45. The Labute approximate surface area is 247 Å². The Hall–Kier alpha value is -4.24. The first-order valence-corrected chi connectivity index (χ1v) is 14.1. The number of furan rings is 1. The zero-order valence-electron chi connectivity index (χ0n) is 21.4. The van der Waals surface area contributed by atoms with Crippen LogP contribution in [0.2, 0.25) is 10.0 Å². The third-order valence-electron chi connectivity index (χ3n) is 6.58. The number of hydrogen-bond acceptors (Lipinski definition) is 5. The van der Waals surface area contributed by atoms with Crippen molar-refractivity contribution in [1.29, 1.82) is 0 Å². The van der Waals surface area contributed by atoms with Crippen molar-refractivity contribution in [2.45, 2.75) is 13.0 Å². The van der Waals surface area contributed by atoms with Crippen LogP contribution >= 0.6 is 34.5 Å². The molecule has 1 N–H and O–H groups in total. The Morgan fingerprint density at radius 2 is 1.80 bits per heavy atom. The molecule has 0 radical (unpaired) electrons. The number of carbonyl (C=O) groups is 1. The standard InChI is InChI=1S/C31H20Cl2FN3O3S/c1-17-27(29(38)36-21-5-3-2-4-6-21)28(18-7-10-20(34)11-8-18)37-30(39)26(41-31(37)35-17)16-22-12-14-25(40-22)23-13-9-19(32)15-24(23)33/h2-16,28H,1H3,(H,36,38)/b26-16-. The zero-order chi connectivity index (χ0) is 28.7. The van der Waals surface area contributed by atoms with Crippen LogP contribution in [0.5, 0.6) is 0 Å². The predicted octanol–water partition coefficient (Wildman–Crippen LogP) is 6.58. The highest BCUT2D eigenvalue weighted by Gasteiger charge is 2.32. The number of thiazole rings is 1. The first-order valence-electron chi connectivity index (χ1n) is 12.5. The molecule has 5 aromatic rings. The molecule has 1 aliphatic heterocycles. The number of anilines is 1. The maximum atomic E-state index is 13.9. The van der Waals surface area contributed by atoms with E-state index in [0.29, 0.717) is 53.4 Å². The molecular formula is C31H20Cl2FN3O3S. The van der Waals surface area contributed by atoms with Crippen LogP contribution in [-0.2, 0) is 4.79 Å². The van der Waals surface area contributed by atoms with E-state index in [9.17, 15) is 14.0 Å². The van der Waals surface area contributed by atoms with Crippen LogP contribution in [0.1, 0.15) is 24.3 Å². The van der Waals surface area contributed by atoms with Crippen molar-refractivity contribution in [3.8, 4) is 11.3 Å². The highest BCUT2D eigenvalue weighted by atomic mass is 35.5. The summed E-state index contributed by atoms with van der Waals surface area (Å²) in [5.74, 6) is 0.126. The number of para-hydroxylation sites is 1. The number of amides is 1. The topological polar surface area (TPSA) is 76.6 Å². The lowest BCUT2D eigenvalue weighted by Crippen LogP contribution is -2.40. The number of benzene rings is 3. The van der Waals surface area contributed by atoms with E-state index in [4.69, 9.17) is 27.6 Å². The number of halogens is 3. The molecule has 0 saturated carbocycles. The van der Waals surface area contributed by atoms with Crippen molar-refractivity contribution in [1.82, 2.24) is 4.57 Å². The molecule has 6 rings (SSSR count). The molecule has 3 aromatic carbocycles. The average molecular weight is 604 g/mol. The van der Waals surface area contributed by atoms with Crippen LogP contribution in [-0.4, -0.2) is 10.5 Å². The molecule has 1 aliphatic rings. The van der Waals surface area contributed by atoms with Gasteiger partial charge in [-0.15, -0.1) is 0 Å². The maximum absolute atomic E-state index is 13.9. The van der Waals surface area contributed by atoms with Gasteiger partial charge >= 0.3 is 0 Å². The Morgan fingerprint density at radius 3 is 2.54 bits per heavy atom. The van der Waals surface area contributed by atoms with Crippen LogP contribution in [0.15, 0.2) is 110 Å². The Morgan fingerprint density at radius 1 is 1.05 bits per heavy atom. The van der Waals surface area contributed by atoms with Gasteiger partial charge in [0.05, 0.1) is 26.9 Å². The number of rotatable bonds is 5. The molecule has 1 unspecified atom stereocenters. The van der Waals surface area contributed by atoms with Crippen LogP contribution in [0.3, 0.4) is 0 Å². The molecule has 204 valence electrons. The largest absolute Gasteiger partial charge is 0.457 e. The summed E-state index contributed by atoms with van der Waals surface area (Å²) >= 11 is 13.5. The molecular weight excluding hydrogens is 584 g/mol. The lowest BCUT2D eigenvalue weighted by Gasteiger charge is -2.25. The van der Waals surface area contributed by atoms with Gasteiger partial charge in [-0.1, -0.05) is 64.9 Å². The fourth-order valence-corrected chi connectivity index (χ4v) is 6.21. The number of aromatic nitrogens is 1. The number of carbonyl (C=O) groups excluding carboxylic acids is 1. The second-order valence-electron chi connectivity index (χ2n) is 9.28.